The van der Waals surface area contributed by atoms with Crippen LogP contribution in [0.4, 0.5) is 32.2 Å². The number of pyridine rings is 1. The van der Waals surface area contributed by atoms with Crippen molar-refractivity contribution in [1.82, 2.24) is 15.0 Å². The molecule has 3 unspecified atom stereocenters. The number of aliphatic hydroxyl groups is 1. The monoisotopic (exact) mass is 532 g/mol. The molecule has 14 heteroatoms. The fraction of sp³-hybridized carbons (Fsp3) is 0.318. The minimum Gasteiger partial charge on any atom is -0.493 e. The highest BCUT2D eigenvalue weighted by Crippen LogP contribution is 2.40. The van der Waals surface area contributed by atoms with Gasteiger partial charge in [-0.2, -0.15) is 26.3 Å². The average molecular weight is 532 g/mol. The minimum atomic E-state index is -4.88. The van der Waals surface area contributed by atoms with Crippen LogP contribution in [0.25, 0.3) is 11.3 Å². The zero-order chi connectivity index (χ0) is 26.1. The zero-order valence-electron chi connectivity index (χ0n) is 18.2. The predicted molar refractivity (Wildman–Crippen MR) is 117 cm³/mol. The highest BCUT2D eigenvalue weighted by Gasteiger charge is 2.36. The van der Waals surface area contributed by atoms with E-state index in [4.69, 9.17) is 4.74 Å². The Morgan fingerprint density at radius 3 is 2.56 bits per heavy atom. The molecule has 2 N–H and O–H groups in total. The van der Waals surface area contributed by atoms with Crippen LogP contribution in [0.15, 0.2) is 48.8 Å². The summed E-state index contributed by atoms with van der Waals surface area (Å²) in [5.41, 5.74) is -0.738. The molecule has 1 aromatic carbocycles. The number of halogens is 6. The normalized spacial score (nSPS) is 18.8. The van der Waals surface area contributed by atoms with Gasteiger partial charge in [-0.05, 0) is 24.6 Å². The lowest BCUT2D eigenvalue weighted by Crippen LogP contribution is -2.28. The van der Waals surface area contributed by atoms with Gasteiger partial charge in [0.15, 0.2) is 11.5 Å². The van der Waals surface area contributed by atoms with Crippen molar-refractivity contribution in [2.75, 3.05) is 17.1 Å². The molecular formula is C22H18F6N4O3S. The predicted octanol–water partition coefficient (Wildman–Crippen LogP) is 4.48. The van der Waals surface area contributed by atoms with Crippen LogP contribution < -0.4 is 9.46 Å². The van der Waals surface area contributed by atoms with Crippen LogP contribution in [0.1, 0.15) is 23.1 Å². The molecule has 0 spiro atoms. The Kier molecular flexibility index (Phi) is 7.18. The van der Waals surface area contributed by atoms with Crippen LogP contribution in [-0.2, 0) is 23.6 Å². The van der Waals surface area contributed by atoms with E-state index < -0.39 is 52.4 Å². The van der Waals surface area contributed by atoms with Gasteiger partial charge in [0, 0.05) is 28.9 Å². The summed E-state index contributed by atoms with van der Waals surface area (Å²) in [5.74, 6) is -2.45. The van der Waals surface area contributed by atoms with E-state index in [0.29, 0.717) is 18.2 Å². The molecule has 1 aliphatic heterocycles. The summed E-state index contributed by atoms with van der Waals surface area (Å²) in [4.78, 5) is 11.3. The molecule has 0 radical (unpaired) electrons. The van der Waals surface area contributed by atoms with Gasteiger partial charge in [0.25, 0.3) is 0 Å². The van der Waals surface area contributed by atoms with E-state index in [2.05, 4.69) is 15.0 Å². The van der Waals surface area contributed by atoms with E-state index in [1.807, 2.05) is 10.8 Å². The van der Waals surface area contributed by atoms with Crippen LogP contribution in [-0.4, -0.2) is 42.8 Å². The van der Waals surface area contributed by atoms with E-state index in [1.54, 1.807) is 18.3 Å². The average Bonchev–Trinajstić information content (AvgIpc) is 2.80. The number of nitrogens with zero attached hydrogens (tertiary/aromatic N) is 3. The molecule has 3 aromatic rings. The Morgan fingerprint density at radius 1 is 1.11 bits per heavy atom. The number of aliphatic hydroxyl groups excluding tert-OH is 1. The molecule has 0 aliphatic carbocycles. The molecule has 3 atom stereocenters. The molecule has 36 heavy (non-hydrogen) atoms. The van der Waals surface area contributed by atoms with Gasteiger partial charge in [0.05, 0.1) is 18.9 Å². The van der Waals surface area contributed by atoms with Crippen LogP contribution in [0.5, 0.6) is 5.75 Å². The molecule has 2 aromatic heterocycles. The molecule has 3 heterocycles. The third-order valence-electron chi connectivity index (χ3n) is 5.27. The molecule has 0 saturated carbocycles. The van der Waals surface area contributed by atoms with Gasteiger partial charge in [-0.1, -0.05) is 18.2 Å². The molecular weight excluding hydrogens is 514 g/mol. The molecule has 0 fully saturated rings. The maximum Gasteiger partial charge on any atom is 0.434 e. The lowest BCUT2D eigenvalue weighted by atomic mass is 9.89. The second-order valence-electron chi connectivity index (χ2n) is 7.95. The quantitative estimate of drug-likeness (QED) is 0.455. The van der Waals surface area contributed by atoms with Crippen molar-refractivity contribution in [2.24, 2.45) is 5.92 Å². The summed E-state index contributed by atoms with van der Waals surface area (Å²) in [5, 5.41) is 10.8. The van der Waals surface area contributed by atoms with Crippen LogP contribution in [0.2, 0.25) is 0 Å². The number of aromatic nitrogens is 3. The minimum absolute atomic E-state index is 0.00855. The van der Waals surface area contributed by atoms with Gasteiger partial charge >= 0.3 is 12.4 Å². The third kappa shape index (κ3) is 6.10. The highest BCUT2D eigenvalue weighted by molar-refractivity contribution is 7.86. The van der Waals surface area contributed by atoms with Crippen molar-refractivity contribution < 1.29 is 40.4 Å². The summed E-state index contributed by atoms with van der Waals surface area (Å²) in [6.45, 7) is 0.0865. The molecule has 4 rings (SSSR count). The van der Waals surface area contributed by atoms with Crippen molar-refractivity contribution in [3.05, 3.63) is 65.7 Å². The van der Waals surface area contributed by atoms with Crippen molar-refractivity contribution >= 4 is 16.8 Å². The maximum absolute atomic E-state index is 13.3. The number of anilines is 1. The summed E-state index contributed by atoms with van der Waals surface area (Å²) in [6, 6.07) is 9.43. The van der Waals surface area contributed by atoms with E-state index in [1.165, 1.54) is 18.2 Å². The van der Waals surface area contributed by atoms with Gasteiger partial charge in [-0.3, -0.25) is 9.71 Å². The van der Waals surface area contributed by atoms with Crippen molar-refractivity contribution in [2.45, 2.75) is 24.9 Å². The number of ether oxygens (including phenoxy) is 1. The second kappa shape index (κ2) is 10.0. The standard InChI is InChI=1S/C22H18F6N4O3S/c23-21(24,25)11-36(34)32-20-18(31-17(9-30-20)22(26,27)28)12-4-5-15-16(8-12)35-10-13(19(15)33)7-14-3-1-2-6-29-14/h1-6,8-9,13,19,33H,7,10-11H2,(H,30,32). The number of alkyl halides is 6. The number of hydrogen-bond donors (Lipinski definition) is 2. The number of nitrogens with one attached hydrogen (secondary N) is 1. The van der Waals surface area contributed by atoms with E-state index in [9.17, 15) is 35.7 Å². The lowest BCUT2D eigenvalue weighted by molar-refractivity contribution is -0.141. The Bertz CT molecular complexity index is 1260. The fourth-order valence-corrected chi connectivity index (χ4v) is 4.38. The van der Waals surface area contributed by atoms with Gasteiger partial charge in [0.2, 0.25) is 0 Å². The first kappa shape index (κ1) is 25.8. The number of fused-ring (bicyclic) bond motifs is 1. The fourth-order valence-electron chi connectivity index (χ4n) is 3.65. The first-order valence-corrected chi connectivity index (χ1v) is 11.7. The van der Waals surface area contributed by atoms with Gasteiger partial charge < -0.3 is 9.84 Å². The van der Waals surface area contributed by atoms with Crippen LogP contribution >= 0.6 is 0 Å². The summed E-state index contributed by atoms with van der Waals surface area (Å²) in [6.07, 6.45) is -8.26. The summed E-state index contributed by atoms with van der Waals surface area (Å²) in [7, 11) is -2.72. The molecule has 192 valence electrons. The molecule has 0 saturated heterocycles. The van der Waals surface area contributed by atoms with Gasteiger partial charge in [0.1, 0.15) is 28.2 Å². The Morgan fingerprint density at radius 2 is 1.89 bits per heavy atom. The van der Waals surface area contributed by atoms with Crippen LogP contribution in [0, 0.1) is 5.92 Å². The van der Waals surface area contributed by atoms with Gasteiger partial charge in [-0.15, -0.1) is 0 Å². The van der Waals surface area contributed by atoms with Crippen molar-refractivity contribution in [3.8, 4) is 17.0 Å². The summed E-state index contributed by atoms with van der Waals surface area (Å²) < 4.78 is 97.1. The molecule has 0 amide bonds. The molecule has 1 aliphatic rings. The van der Waals surface area contributed by atoms with Gasteiger partial charge in [-0.25, -0.2) is 14.2 Å². The zero-order valence-corrected chi connectivity index (χ0v) is 19.0. The molecule has 0 bridgehead atoms. The lowest BCUT2D eigenvalue weighted by Gasteiger charge is -2.30. The van der Waals surface area contributed by atoms with Crippen LogP contribution in [0.3, 0.4) is 0 Å². The van der Waals surface area contributed by atoms with Crippen molar-refractivity contribution in [3.63, 3.8) is 0 Å². The largest absolute Gasteiger partial charge is 0.493 e. The number of hydrogen-bond acceptors (Lipinski definition) is 6. The van der Waals surface area contributed by atoms with E-state index in [0.717, 1.165) is 5.69 Å². The third-order valence-corrected chi connectivity index (χ3v) is 6.28. The second-order valence-corrected chi connectivity index (χ2v) is 9.13. The van der Waals surface area contributed by atoms with Crippen molar-refractivity contribution in [1.29, 1.82) is 0 Å². The van der Waals surface area contributed by atoms with E-state index >= 15 is 0 Å². The Hall–Kier alpha value is -3.26. The molecule has 7 nitrogen and oxygen atoms in total. The number of benzene rings is 1. The Balaban J connectivity index is 1.65. The topological polar surface area (TPSA) is 97.2 Å². The smallest absolute Gasteiger partial charge is 0.434 e. The highest BCUT2D eigenvalue weighted by atomic mass is 32.2. The first-order valence-electron chi connectivity index (χ1n) is 10.4. The van der Waals surface area contributed by atoms with E-state index in [-0.39, 0.29) is 23.8 Å². The first-order chi connectivity index (χ1) is 16.9. The SMILES string of the molecule is O=S(CC(F)(F)F)Nc1ncc(C(F)(F)F)nc1-c1ccc2c(c1)OCC(Cc1ccccn1)C2O. The maximum atomic E-state index is 13.3. The number of rotatable bonds is 6. The summed E-state index contributed by atoms with van der Waals surface area (Å²) >= 11 is 0. The Labute approximate surface area is 203 Å².